The van der Waals surface area contributed by atoms with E-state index in [1.807, 2.05) is 0 Å². The Morgan fingerprint density at radius 2 is 1.81 bits per heavy atom. The summed E-state index contributed by atoms with van der Waals surface area (Å²) in [5, 5.41) is 0. The molecule has 5 nitrogen and oxygen atoms in total. The number of ether oxygens (including phenoxy) is 1. The van der Waals surface area contributed by atoms with Gasteiger partial charge in [-0.3, -0.25) is 9.59 Å². The minimum absolute atomic E-state index is 0.0169. The molecule has 1 fully saturated rings. The molecule has 0 bridgehead atoms. The minimum Gasteiger partial charge on any atom is -0.468 e. The molecule has 21 heavy (non-hydrogen) atoms. The van der Waals surface area contributed by atoms with Crippen molar-refractivity contribution in [1.82, 2.24) is 4.90 Å². The Kier molecular flexibility index (Phi) is 7.15. The Morgan fingerprint density at radius 1 is 1.24 bits per heavy atom. The highest BCUT2D eigenvalue weighted by Crippen LogP contribution is 2.30. The topological polar surface area (TPSA) is 72.6 Å². The van der Waals surface area contributed by atoms with E-state index >= 15 is 0 Å². The maximum absolute atomic E-state index is 12.6. The average Bonchev–Trinajstić information content (AvgIpc) is 2.89. The lowest BCUT2D eigenvalue weighted by Gasteiger charge is -2.30. The Bertz CT molecular complexity index is 347. The van der Waals surface area contributed by atoms with Gasteiger partial charge >= 0.3 is 5.97 Å². The molecular formula is C16H30N2O3. The molecule has 5 heteroatoms. The zero-order chi connectivity index (χ0) is 15.9. The van der Waals surface area contributed by atoms with E-state index < -0.39 is 0 Å². The van der Waals surface area contributed by atoms with Gasteiger partial charge in [-0.15, -0.1) is 0 Å². The predicted molar refractivity (Wildman–Crippen MR) is 82.7 cm³/mol. The van der Waals surface area contributed by atoms with Crippen LogP contribution in [-0.4, -0.2) is 42.5 Å². The largest absolute Gasteiger partial charge is 0.468 e. The first kappa shape index (κ1) is 18.0. The molecule has 0 aromatic carbocycles. The summed E-state index contributed by atoms with van der Waals surface area (Å²) in [7, 11) is 1.35. The summed E-state index contributed by atoms with van der Waals surface area (Å²) in [6.45, 7) is 4.85. The van der Waals surface area contributed by atoms with Gasteiger partial charge in [0.2, 0.25) is 5.91 Å². The van der Waals surface area contributed by atoms with Crippen molar-refractivity contribution >= 4 is 11.9 Å². The number of hydrogen-bond donors (Lipinski definition) is 1. The van der Waals surface area contributed by atoms with Crippen LogP contribution in [0.5, 0.6) is 0 Å². The summed E-state index contributed by atoms with van der Waals surface area (Å²) >= 11 is 0. The van der Waals surface area contributed by atoms with E-state index in [4.69, 9.17) is 10.5 Å². The lowest BCUT2D eigenvalue weighted by atomic mass is 9.93. The van der Waals surface area contributed by atoms with E-state index in [9.17, 15) is 9.59 Å². The van der Waals surface area contributed by atoms with E-state index in [-0.39, 0.29) is 24.0 Å². The van der Waals surface area contributed by atoms with Crippen LogP contribution in [0.15, 0.2) is 0 Å². The number of nitrogens with two attached hydrogens (primary N) is 1. The van der Waals surface area contributed by atoms with Crippen molar-refractivity contribution in [1.29, 1.82) is 0 Å². The van der Waals surface area contributed by atoms with Crippen LogP contribution in [0.1, 0.15) is 58.8 Å². The fourth-order valence-corrected chi connectivity index (χ4v) is 3.00. The van der Waals surface area contributed by atoms with Crippen LogP contribution in [0.4, 0.5) is 0 Å². The first-order valence-electron chi connectivity index (χ1n) is 8.07. The number of methoxy groups -OCH3 is 1. The average molecular weight is 298 g/mol. The fourth-order valence-electron chi connectivity index (χ4n) is 3.00. The van der Waals surface area contributed by atoms with Gasteiger partial charge in [-0.05, 0) is 18.8 Å². The number of rotatable bonds is 8. The van der Waals surface area contributed by atoms with Crippen molar-refractivity contribution in [2.24, 2.45) is 11.7 Å². The van der Waals surface area contributed by atoms with Crippen LogP contribution < -0.4 is 5.73 Å². The lowest BCUT2D eigenvalue weighted by molar-refractivity contribution is -0.147. The summed E-state index contributed by atoms with van der Waals surface area (Å²) in [6.07, 6.45) is 6.31. The molecule has 0 aromatic heterocycles. The second kappa shape index (κ2) is 8.37. The number of esters is 1. The first-order valence-corrected chi connectivity index (χ1v) is 8.07. The van der Waals surface area contributed by atoms with E-state index in [0.29, 0.717) is 18.9 Å². The van der Waals surface area contributed by atoms with E-state index in [0.717, 1.165) is 38.5 Å². The zero-order valence-corrected chi connectivity index (χ0v) is 13.7. The molecule has 1 aliphatic rings. The summed E-state index contributed by atoms with van der Waals surface area (Å²) in [5.74, 6) is 0.0272. The molecular weight excluding hydrogens is 268 g/mol. The van der Waals surface area contributed by atoms with Crippen LogP contribution >= 0.6 is 0 Å². The van der Waals surface area contributed by atoms with Crippen molar-refractivity contribution in [3.05, 3.63) is 0 Å². The Balaban J connectivity index is 2.69. The summed E-state index contributed by atoms with van der Waals surface area (Å²) in [6, 6.07) is 0. The van der Waals surface area contributed by atoms with Gasteiger partial charge in [-0.1, -0.05) is 39.5 Å². The van der Waals surface area contributed by atoms with Gasteiger partial charge in [0.15, 0.2) is 0 Å². The minimum atomic E-state index is -0.376. The highest BCUT2D eigenvalue weighted by molar-refractivity contribution is 5.82. The molecule has 2 N–H and O–H groups in total. The van der Waals surface area contributed by atoms with Crippen molar-refractivity contribution in [3.63, 3.8) is 0 Å². The molecule has 1 saturated carbocycles. The second-order valence-corrected chi connectivity index (χ2v) is 6.28. The lowest BCUT2D eigenvalue weighted by Crippen LogP contribution is -2.46. The normalized spacial score (nSPS) is 17.0. The number of carbonyl (C=O) groups excluding carboxylic acids is 2. The fraction of sp³-hybridized carbons (Fsp3) is 0.875. The molecule has 122 valence electrons. The zero-order valence-electron chi connectivity index (χ0n) is 13.7. The first-order chi connectivity index (χ1) is 9.94. The van der Waals surface area contributed by atoms with Crippen molar-refractivity contribution in [3.8, 4) is 0 Å². The van der Waals surface area contributed by atoms with Crippen molar-refractivity contribution < 1.29 is 14.3 Å². The maximum atomic E-state index is 12.6. The Labute approximate surface area is 128 Å². The van der Waals surface area contributed by atoms with E-state index in [1.54, 1.807) is 4.90 Å². The highest BCUT2D eigenvalue weighted by Gasteiger charge is 2.34. The molecule has 0 aromatic rings. The van der Waals surface area contributed by atoms with Gasteiger partial charge in [0.1, 0.15) is 6.54 Å². The molecule has 0 radical (unpaired) electrons. The summed E-state index contributed by atoms with van der Waals surface area (Å²) in [5.41, 5.74) is 5.92. The Morgan fingerprint density at radius 3 is 2.29 bits per heavy atom. The molecule has 0 unspecified atom stereocenters. The Hall–Kier alpha value is -1.10. The summed E-state index contributed by atoms with van der Waals surface area (Å²) < 4.78 is 4.71. The number of hydrogen-bond acceptors (Lipinski definition) is 4. The van der Waals surface area contributed by atoms with E-state index in [2.05, 4.69) is 13.8 Å². The quantitative estimate of drug-likeness (QED) is 0.696. The molecule has 1 rings (SSSR count). The molecule has 0 heterocycles. The standard InChI is InChI=1S/C16H30N2O3/c1-4-13(5-2)11-18(12-15(20)21-3)14(19)10-16(17)8-6-7-9-16/h13H,4-12,17H2,1-3H3. The van der Waals surface area contributed by atoms with Gasteiger partial charge in [-0.25, -0.2) is 0 Å². The van der Waals surface area contributed by atoms with Gasteiger partial charge in [0.25, 0.3) is 0 Å². The van der Waals surface area contributed by atoms with Gasteiger partial charge in [0.05, 0.1) is 7.11 Å². The maximum Gasteiger partial charge on any atom is 0.325 e. The van der Waals surface area contributed by atoms with Crippen LogP contribution in [0, 0.1) is 5.92 Å². The highest BCUT2D eigenvalue weighted by atomic mass is 16.5. The second-order valence-electron chi connectivity index (χ2n) is 6.28. The molecule has 0 spiro atoms. The molecule has 0 atom stereocenters. The molecule has 0 saturated heterocycles. The van der Waals surface area contributed by atoms with E-state index in [1.165, 1.54) is 7.11 Å². The van der Waals surface area contributed by atoms with Crippen LogP contribution in [-0.2, 0) is 14.3 Å². The molecule has 1 amide bonds. The monoisotopic (exact) mass is 298 g/mol. The number of carbonyl (C=O) groups is 2. The molecule has 1 aliphatic carbocycles. The smallest absolute Gasteiger partial charge is 0.325 e. The molecule has 0 aliphatic heterocycles. The van der Waals surface area contributed by atoms with Gasteiger partial charge in [-0.2, -0.15) is 0 Å². The third-order valence-electron chi connectivity index (χ3n) is 4.64. The predicted octanol–water partition coefficient (Wildman–Crippen LogP) is 2.09. The summed E-state index contributed by atoms with van der Waals surface area (Å²) in [4.78, 5) is 25.8. The number of amides is 1. The van der Waals surface area contributed by atoms with Crippen LogP contribution in [0.25, 0.3) is 0 Å². The van der Waals surface area contributed by atoms with Gasteiger partial charge < -0.3 is 15.4 Å². The van der Waals surface area contributed by atoms with Gasteiger partial charge in [0, 0.05) is 18.5 Å². The third kappa shape index (κ3) is 5.65. The van der Waals surface area contributed by atoms with Crippen molar-refractivity contribution in [2.45, 2.75) is 64.3 Å². The number of nitrogens with zero attached hydrogens (tertiary/aromatic N) is 1. The third-order valence-corrected chi connectivity index (χ3v) is 4.64. The van der Waals surface area contributed by atoms with Crippen LogP contribution in [0.3, 0.4) is 0 Å². The van der Waals surface area contributed by atoms with Crippen molar-refractivity contribution in [2.75, 3.05) is 20.2 Å². The SMILES string of the molecule is CCC(CC)CN(CC(=O)OC)C(=O)CC1(N)CCCC1. The van der Waals surface area contributed by atoms with Crippen LogP contribution in [0.2, 0.25) is 0 Å².